The third-order valence-electron chi connectivity index (χ3n) is 3.12. The molecule has 1 N–H and O–H groups in total. The van der Waals surface area contributed by atoms with Crippen LogP contribution in [0.3, 0.4) is 0 Å². The predicted molar refractivity (Wildman–Crippen MR) is 82.6 cm³/mol. The number of hydrogen-bond donors (Lipinski definition) is 1. The van der Waals surface area contributed by atoms with Crippen molar-refractivity contribution in [2.45, 2.75) is 20.8 Å². The van der Waals surface area contributed by atoms with Crippen LogP contribution in [0.15, 0.2) is 30.4 Å². The largest absolute Gasteiger partial charge is 0.481 e. The minimum atomic E-state index is -0.0940. The molecule has 0 aromatic heterocycles. The van der Waals surface area contributed by atoms with Gasteiger partial charge in [-0.25, -0.2) is 0 Å². The molecule has 1 aromatic carbocycles. The second-order valence-electron chi connectivity index (χ2n) is 5.55. The molecule has 0 bridgehead atoms. The van der Waals surface area contributed by atoms with Crippen LogP contribution in [0.25, 0.3) is 0 Å². The minimum absolute atomic E-state index is 0.00185. The Balaban J connectivity index is 2.26. The van der Waals surface area contributed by atoms with E-state index in [1.807, 2.05) is 20.8 Å². The summed E-state index contributed by atoms with van der Waals surface area (Å²) in [6.45, 7) is 9.84. The van der Waals surface area contributed by atoms with Gasteiger partial charge in [0.05, 0.1) is 5.69 Å². The summed E-state index contributed by atoms with van der Waals surface area (Å²) < 4.78 is 5.46. The number of hydrogen-bond acceptors (Lipinski definition) is 3. The Kier molecular flexibility index (Phi) is 4.31. The third kappa shape index (κ3) is 3.42. The van der Waals surface area contributed by atoms with Crippen LogP contribution in [-0.2, 0) is 9.59 Å². The van der Waals surface area contributed by atoms with Gasteiger partial charge in [-0.2, -0.15) is 0 Å². The van der Waals surface area contributed by atoms with Gasteiger partial charge in [0.25, 0.3) is 5.91 Å². The molecular weight excluding hydrogens is 268 g/mol. The van der Waals surface area contributed by atoms with Gasteiger partial charge in [-0.3, -0.25) is 9.59 Å². The predicted octanol–water partition coefficient (Wildman–Crippen LogP) is 2.58. The fourth-order valence-corrected chi connectivity index (χ4v) is 2.01. The van der Waals surface area contributed by atoms with Gasteiger partial charge in [0, 0.05) is 24.2 Å². The molecule has 112 valence electrons. The number of carbonyl (C=O) groups excluding carboxylic acids is 2. The van der Waals surface area contributed by atoms with Crippen molar-refractivity contribution in [3.63, 3.8) is 0 Å². The number of nitrogens with zero attached hydrogens (tertiary/aromatic N) is 1. The number of ether oxygens (including phenoxy) is 1. The zero-order valence-electron chi connectivity index (χ0n) is 12.6. The van der Waals surface area contributed by atoms with Gasteiger partial charge >= 0.3 is 0 Å². The normalized spacial score (nSPS) is 13.7. The number of amides is 2. The van der Waals surface area contributed by atoms with E-state index in [1.165, 1.54) is 0 Å². The van der Waals surface area contributed by atoms with Crippen molar-refractivity contribution in [1.29, 1.82) is 0 Å². The summed E-state index contributed by atoms with van der Waals surface area (Å²) in [5, 5.41) is 2.82. The molecule has 0 unspecified atom stereocenters. The van der Waals surface area contributed by atoms with Gasteiger partial charge in [0.2, 0.25) is 5.91 Å². The lowest BCUT2D eigenvalue weighted by atomic mass is 10.1. The summed E-state index contributed by atoms with van der Waals surface area (Å²) in [4.78, 5) is 25.3. The van der Waals surface area contributed by atoms with Gasteiger partial charge in [0.1, 0.15) is 5.75 Å². The first-order valence-electron chi connectivity index (χ1n) is 6.91. The molecule has 1 aromatic rings. The Morgan fingerprint density at radius 3 is 2.81 bits per heavy atom. The Bertz CT molecular complexity index is 593. The molecule has 2 amide bonds. The summed E-state index contributed by atoms with van der Waals surface area (Å²) >= 11 is 0. The molecule has 1 aliphatic heterocycles. The van der Waals surface area contributed by atoms with Crippen molar-refractivity contribution in [3.05, 3.63) is 30.4 Å². The highest BCUT2D eigenvalue weighted by molar-refractivity contribution is 5.99. The van der Waals surface area contributed by atoms with Crippen molar-refractivity contribution in [2.75, 3.05) is 23.4 Å². The van der Waals surface area contributed by atoms with Gasteiger partial charge in [0.15, 0.2) is 6.61 Å². The van der Waals surface area contributed by atoms with Gasteiger partial charge < -0.3 is 15.0 Å². The maximum Gasteiger partial charge on any atom is 0.265 e. The number of anilines is 2. The second kappa shape index (κ2) is 5.99. The SMILES string of the molecule is C=C(C)CN1C(=O)COc2cc(NC(=O)C(C)C)ccc21. The van der Waals surface area contributed by atoms with Crippen LogP contribution in [-0.4, -0.2) is 25.0 Å². The summed E-state index contributed by atoms with van der Waals surface area (Å²) in [6, 6.07) is 5.30. The molecule has 0 spiro atoms. The number of rotatable bonds is 4. The molecule has 0 radical (unpaired) electrons. The summed E-state index contributed by atoms with van der Waals surface area (Å²) in [5.41, 5.74) is 2.27. The Labute approximate surface area is 124 Å². The Hall–Kier alpha value is -2.30. The molecule has 0 fully saturated rings. The van der Waals surface area contributed by atoms with E-state index in [4.69, 9.17) is 4.74 Å². The first kappa shape index (κ1) is 15.1. The van der Waals surface area contributed by atoms with Crippen LogP contribution < -0.4 is 15.0 Å². The van der Waals surface area contributed by atoms with Gasteiger partial charge in [-0.05, 0) is 19.1 Å². The highest BCUT2D eigenvalue weighted by Crippen LogP contribution is 2.34. The molecule has 0 saturated heterocycles. The molecule has 1 heterocycles. The fourth-order valence-electron chi connectivity index (χ4n) is 2.01. The van der Waals surface area contributed by atoms with Crippen LogP contribution in [0.4, 0.5) is 11.4 Å². The van der Waals surface area contributed by atoms with Crippen molar-refractivity contribution in [1.82, 2.24) is 0 Å². The first-order valence-corrected chi connectivity index (χ1v) is 6.91. The fraction of sp³-hybridized carbons (Fsp3) is 0.375. The number of fused-ring (bicyclic) bond motifs is 1. The van der Waals surface area contributed by atoms with Gasteiger partial charge in [-0.15, -0.1) is 0 Å². The van der Waals surface area contributed by atoms with E-state index in [2.05, 4.69) is 11.9 Å². The van der Waals surface area contributed by atoms with Crippen molar-refractivity contribution >= 4 is 23.2 Å². The summed E-state index contributed by atoms with van der Waals surface area (Å²) in [6.07, 6.45) is 0. The van der Waals surface area contributed by atoms with Crippen molar-refractivity contribution < 1.29 is 14.3 Å². The molecule has 0 atom stereocenters. The lowest BCUT2D eigenvalue weighted by molar-refractivity contribution is -0.121. The second-order valence-corrected chi connectivity index (χ2v) is 5.55. The maximum absolute atomic E-state index is 11.9. The number of nitrogens with one attached hydrogen (secondary N) is 1. The van der Waals surface area contributed by atoms with E-state index in [0.717, 1.165) is 5.57 Å². The lowest BCUT2D eigenvalue weighted by Gasteiger charge is -2.29. The lowest BCUT2D eigenvalue weighted by Crippen LogP contribution is -2.39. The topological polar surface area (TPSA) is 58.6 Å². The molecule has 5 nitrogen and oxygen atoms in total. The maximum atomic E-state index is 11.9. The zero-order chi connectivity index (χ0) is 15.6. The van der Waals surface area contributed by atoms with Crippen LogP contribution >= 0.6 is 0 Å². The highest BCUT2D eigenvalue weighted by atomic mass is 16.5. The monoisotopic (exact) mass is 288 g/mol. The van der Waals surface area contributed by atoms with Crippen LogP contribution in [0.5, 0.6) is 5.75 Å². The smallest absolute Gasteiger partial charge is 0.265 e. The summed E-state index contributed by atoms with van der Waals surface area (Å²) in [5.74, 6) is 0.353. The van der Waals surface area contributed by atoms with Gasteiger partial charge in [-0.1, -0.05) is 26.0 Å². The molecule has 5 heteroatoms. The van der Waals surface area contributed by atoms with Crippen LogP contribution in [0.1, 0.15) is 20.8 Å². The average molecular weight is 288 g/mol. The molecular formula is C16H20N2O3. The highest BCUT2D eigenvalue weighted by Gasteiger charge is 2.25. The van der Waals surface area contributed by atoms with Crippen LogP contribution in [0, 0.1) is 5.92 Å². The standard InChI is InChI=1S/C16H20N2O3/c1-10(2)8-18-13-6-5-12(17-16(20)11(3)4)7-14(13)21-9-15(18)19/h5-7,11H,1,8-9H2,2-4H3,(H,17,20). The van der Waals surface area contributed by atoms with E-state index in [0.29, 0.717) is 23.7 Å². The molecule has 0 aliphatic carbocycles. The van der Waals surface area contributed by atoms with Crippen molar-refractivity contribution in [3.8, 4) is 5.75 Å². The van der Waals surface area contributed by atoms with E-state index >= 15 is 0 Å². The van der Waals surface area contributed by atoms with E-state index < -0.39 is 0 Å². The molecule has 21 heavy (non-hydrogen) atoms. The average Bonchev–Trinajstić information content (AvgIpc) is 2.41. The summed E-state index contributed by atoms with van der Waals surface area (Å²) in [7, 11) is 0. The number of carbonyl (C=O) groups is 2. The minimum Gasteiger partial charge on any atom is -0.481 e. The Morgan fingerprint density at radius 1 is 1.48 bits per heavy atom. The molecule has 1 aliphatic rings. The van der Waals surface area contributed by atoms with E-state index in [1.54, 1.807) is 23.1 Å². The first-order chi connectivity index (χ1) is 9.88. The Morgan fingerprint density at radius 2 is 2.19 bits per heavy atom. The molecule has 0 saturated carbocycles. The van der Waals surface area contributed by atoms with E-state index in [9.17, 15) is 9.59 Å². The number of benzene rings is 1. The third-order valence-corrected chi connectivity index (χ3v) is 3.12. The van der Waals surface area contributed by atoms with Crippen molar-refractivity contribution in [2.24, 2.45) is 5.92 Å². The molecule has 2 rings (SSSR count). The van der Waals surface area contributed by atoms with Crippen LogP contribution in [0.2, 0.25) is 0 Å². The quantitative estimate of drug-likeness (QED) is 0.866. The van der Waals surface area contributed by atoms with E-state index in [-0.39, 0.29) is 24.3 Å². The zero-order valence-corrected chi connectivity index (χ0v) is 12.6.